The minimum atomic E-state index is 0.224. The minimum Gasteiger partial charge on any atom is -0.498 e. The average molecular weight is 206 g/mol. The van der Waals surface area contributed by atoms with Crippen molar-refractivity contribution in [1.82, 2.24) is 0 Å². The second-order valence-electron chi connectivity index (χ2n) is 4.11. The highest BCUT2D eigenvalue weighted by molar-refractivity contribution is 5.72. The number of rotatable bonds is 5. The Kier molecular flexibility index (Phi) is 4.35. The molecule has 0 aliphatic heterocycles. The van der Waals surface area contributed by atoms with Crippen LogP contribution in [0.4, 0.5) is 0 Å². The molecule has 0 N–H and O–H groups in total. The molecule has 0 amide bonds. The third-order valence-electron chi connectivity index (χ3n) is 2.68. The van der Waals surface area contributed by atoms with Gasteiger partial charge in [0.05, 0.1) is 12.4 Å². The number of hydrogen-bond acceptors (Lipinski definition) is 2. The van der Waals surface area contributed by atoms with Crippen LogP contribution in [0.3, 0.4) is 0 Å². The maximum atomic E-state index is 10.5. The van der Waals surface area contributed by atoms with E-state index in [9.17, 15) is 4.79 Å². The van der Waals surface area contributed by atoms with Gasteiger partial charge in [0.2, 0.25) is 0 Å². The quantitative estimate of drug-likeness (QED) is 0.299. The van der Waals surface area contributed by atoms with Crippen LogP contribution in [0.5, 0.6) is 0 Å². The van der Waals surface area contributed by atoms with Gasteiger partial charge in [-0.2, -0.15) is 0 Å². The van der Waals surface area contributed by atoms with Gasteiger partial charge in [-0.3, -0.25) is 4.79 Å². The van der Waals surface area contributed by atoms with Crippen LogP contribution >= 0.6 is 0 Å². The smallest absolute Gasteiger partial charge is 0.145 e. The van der Waals surface area contributed by atoms with Gasteiger partial charge in [0, 0.05) is 0 Å². The molecule has 0 aromatic heterocycles. The molecule has 2 heteroatoms. The zero-order valence-corrected chi connectivity index (χ0v) is 9.24. The zero-order chi connectivity index (χ0) is 11.3. The van der Waals surface area contributed by atoms with E-state index in [1.54, 1.807) is 6.26 Å². The van der Waals surface area contributed by atoms with Gasteiger partial charge in [-0.1, -0.05) is 18.7 Å². The zero-order valence-electron chi connectivity index (χ0n) is 9.24. The summed E-state index contributed by atoms with van der Waals surface area (Å²) in [5.41, 5.74) is 1.67. The molecule has 0 bridgehead atoms. The number of aldehydes is 1. The fourth-order valence-corrected chi connectivity index (χ4v) is 1.76. The third-order valence-corrected chi connectivity index (χ3v) is 2.68. The molecule has 1 aliphatic rings. The van der Waals surface area contributed by atoms with E-state index in [1.807, 2.05) is 13.0 Å². The third kappa shape index (κ3) is 3.74. The predicted molar refractivity (Wildman–Crippen MR) is 61.4 cm³/mol. The van der Waals surface area contributed by atoms with Crippen LogP contribution in [-0.2, 0) is 9.53 Å². The molecule has 0 spiro atoms. The van der Waals surface area contributed by atoms with Crippen molar-refractivity contribution in [2.75, 3.05) is 0 Å². The first-order valence-corrected chi connectivity index (χ1v) is 5.25. The maximum Gasteiger partial charge on any atom is 0.145 e. The molecular formula is C13H18O2. The molecular weight excluding hydrogens is 188 g/mol. The summed E-state index contributed by atoms with van der Waals surface area (Å²) in [6, 6.07) is 0. The van der Waals surface area contributed by atoms with Gasteiger partial charge in [-0.05, 0) is 43.8 Å². The Bertz CT molecular complexity index is 289. The van der Waals surface area contributed by atoms with Crippen molar-refractivity contribution in [2.45, 2.75) is 32.3 Å². The molecule has 0 radical (unpaired) electrons. The molecule has 15 heavy (non-hydrogen) atoms. The van der Waals surface area contributed by atoms with Crippen LogP contribution in [0.25, 0.3) is 0 Å². The van der Waals surface area contributed by atoms with Gasteiger partial charge in [-0.15, -0.1) is 0 Å². The molecule has 1 aliphatic carbocycles. The van der Waals surface area contributed by atoms with E-state index in [0.29, 0.717) is 11.5 Å². The predicted octanol–water partition coefficient (Wildman–Crippen LogP) is 3.02. The van der Waals surface area contributed by atoms with Crippen LogP contribution in [0, 0.1) is 5.92 Å². The highest BCUT2D eigenvalue weighted by Gasteiger charge is 2.26. The Hall–Kier alpha value is -1.31. The number of ether oxygens (including phenoxy) is 1. The van der Waals surface area contributed by atoms with Crippen molar-refractivity contribution >= 4 is 6.29 Å². The molecule has 0 aromatic rings. The molecule has 0 heterocycles. The van der Waals surface area contributed by atoms with Gasteiger partial charge in [-0.25, -0.2) is 0 Å². The van der Waals surface area contributed by atoms with Crippen LogP contribution in [0.2, 0.25) is 0 Å². The monoisotopic (exact) mass is 206 g/mol. The van der Waals surface area contributed by atoms with Gasteiger partial charge in [0.15, 0.2) is 0 Å². The summed E-state index contributed by atoms with van der Waals surface area (Å²) in [6.45, 7) is 9.41. The van der Waals surface area contributed by atoms with Crippen molar-refractivity contribution in [1.29, 1.82) is 0 Å². The van der Waals surface area contributed by atoms with Gasteiger partial charge in [0.25, 0.3) is 0 Å². The second-order valence-corrected chi connectivity index (χ2v) is 4.11. The summed E-state index contributed by atoms with van der Waals surface area (Å²) in [7, 11) is 0. The number of allylic oxidation sites excluding steroid dienone is 3. The Morgan fingerprint density at radius 1 is 1.40 bits per heavy atom. The molecule has 0 saturated heterocycles. The number of hydrogen-bond donors (Lipinski definition) is 0. The van der Waals surface area contributed by atoms with Gasteiger partial charge >= 0.3 is 0 Å². The molecule has 1 fully saturated rings. The van der Waals surface area contributed by atoms with Crippen molar-refractivity contribution < 1.29 is 9.53 Å². The lowest BCUT2D eigenvalue weighted by atomic mass is 10.0. The van der Waals surface area contributed by atoms with Gasteiger partial charge in [0.1, 0.15) is 6.29 Å². The lowest BCUT2D eigenvalue weighted by Gasteiger charge is -2.10. The first-order chi connectivity index (χ1) is 7.13. The SMILES string of the molecule is C=C(C)/C=C\O[C@@H]1CC[C@H](C(=C)C=O)C1. The van der Waals surface area contributed by atoms with E-state index in [0.717, 1.165) is 31.1 Å². The lowest BCUT2D eigenvalue weighted by molar-refractivity contribution is -0.105. The molecule has 2 nitrogen and oxygen atoms in total. The number of carbonyl (C=O) groups excluding carboxylic acids is 1. The summed E-state index contributed by atoms with van der Waals surface area (Å²) in [4.78, 5) is 10.5. The average Bonchev–Trinajstić information content (AvgIpc) is 2.65. The summed E-state index contributed by atoms with van der Waals surface area (Å²) in [6.07, 6.45) is 7.53. The Morgan fingerprint density at radius 3 is 2.73 bits per heavy atom. The van der Waals surface area contributed by atoms with E-state index < -0.39 is 0 Å². The van der Waals surface area contributed by atoms with E-state index in [1.165, 1.54) is 0 Å². The molecule has 1 saturated carbocycles. The standard InChI is InChI=1S/C13H18O2/c1-10(2)6-7-15-13-5-4-12(8-13)11(3)9-14/h6-7,9,12-13H,1,3-5,8H2,2H3/b7-6-/t12-,13+/m0/s1. The highest BCUT2D eigenvalue weighted by atomic mass is 16.5. The fourth-order valence-electron chi connectivity index (χ4n) is 1.76. The molecule has 0 unspecified atom stereocenters. The Morgan fingerprint density at radius 2 is 2.13 bits per heavy atom. The summed E-state index contributed by atoms with van der Waals surface area (Å²) in [5.74, 6) is 0.311. The van der Waals surface area contributed by atoms with E-state index >= 15 is 0 Å². The minimum absolute atomic E-state index is 0.224. The van der Waals surface area contributed by atoms with E-state index in [-0.39, 0.29) is 6.10 Å². The van der Waals surface area contributed by atoms with Crippen LogP contribution in [0.1, 0.15) is 26.2 Å². The van der Waals surface area contributed by atoms with Crippen molar-refractivity contribution in [3.8, 4) is 0 Å². The summed E-state index contributed by atoms with van der Waals surface area (Å²) >= 11 is 0. The Labute approximate surface area is 91.3 Å². The van der Waals surface area contributed by atoms with Gasteiger partial charge < -0.3 is 4.74 Å². The fraction of sp³-hybridized carbons (Fsp3) is 0.462. The number of carbonyl (C=O) groups is 1. The normalized spacial score (nSPS) is 25.4. The molecule has 2 atom stereocenters. The molecule has 1 rings (SSSR count). The molecule has 82 valence electrons. The Balaban J connectivity index is 2.33. The molecule has 0 aromatic carbocycles. The van der Waals surface area contributed by atoms with Crippen LogP contribution < -0.4 is 0 Å². The first kappa shape index (κ1) is 11.8. The topological polar surface area (TPSA) is 26.3 Å². The summed E-state index contributed by atoms with van der Waals surface area (Å²) in [5, 5.41) is 0. The van der Waals surface area contributed by atoms with Crippen LogP contribution in [0.15, 0.2) is 36.6 Å². The van der Waals surface area contributed by atoms with Crippen molar-refractivity contribution in [2.24, 2.45) is 5.92 Å². The maximum absolute atomic E-state index is 10.5. The second kappa shape index (κ2) is 5.54. The largest absolute Gasteiger partial charge is 0.498 e. The van der Waals surface area contributed by atoms with E-state index in [4.69, 9.17) is 4.74 Å². The van der Waals surface area contributed by atoms with Crippen LogP contribution in [-0.4, -0.2) is 12.4 Å². The highest BCUT2D eigenvalue weighted by Crippen LogP contribution is 2.31. The summed E-state index contributed by atoms with van der Waals surface area (Å²) < 4.78 is 5.54. The van der Waals surface area contributed by atoms with Crippen molar-refractivity contribution in [3.63, 3.8) is 0 Å². The first-order valence-electron chi connectivity index (χ1n) is 5.25. The lowest BCUT2D eigenvalue weighted by Crippen LogP contribution is -2.05. The van der Waals surface area contributed by atoms with Crippen molar-refractivity contribution in [3.05, 3.63) is 36.6 Å². The van der Waals surface area contributed by atoms with E-state index in [2.05, 4.69) is 13.2 Å².